The van der Waals surface area contributed by atoms with Gasteiger partial charge in [0.2, 0.25) is 11.0 Å². The number of carbonyl (C=O) groups excluding carboxylic acids is 1. The maximum absolute atomic E-state index is 12.0. The van der Waals surface area contributed by atoms with Crippen LogP contribution in [0.25, 0.3) is 0 Å². The number of rotatable bonds is 5. The summed E-state index contributed by atoms with van der Waals surface area (Å²) >= 11 is 1.37. The van der Waals surface area contributed by atoms with Crippen LogP contribution < -0.4 is 5.32 Å². The first-order valence-corrected chi connectivity index (χ1v) is 9.43. The molecule has 0 unspecified atom stereocenters. The van der Waals surface area contributed by atoms with Crippen LogP contribution in [0.1, 0.15) is 44.0 Å². The van der Waals surface area contributed by atoms with E-state index in [9.17, 15) is 13.2 Å². The summed E-state index contributed by atoms with van der Waals surface area (Å²) in [5.41, 5.74) is 0. The lowest BCUT2D eigenvalue weighted by Gasteiger charge is -2.07. The standard InChI is InChI=1S/C12H19N3O3S2/c1-3-8(4-2)11-14-15-12(19-11)13-10(16)9-5-6-20(17,18)7-9/h8-9H,3-7H2,1-2H3,(H,13,15,16)/t9-/m1/s1. The van der Waals surface area contributed by atoms with Gasteiger partial charge in [-0.1, -0.05) is 25.2 Å². The van der Waals surface area contributed by atoms with Crippen LogP contribution >= 0.6 is 11.3 Å². The Hall–Kier alpha value is -1.02. The molecule has 1 aromatic heterocycles. The van der Waals surface area contributed by atoms with Gasteiger partial charge in [-0.3, -0.25) is 4.79 Å². The first-order chi connectivity index (χ1) is 9.45. The molecule has 20 heavy (non-hydrogen) atoms. The van der Waals surface area contributed by atoms with Gasteiger partial charge in [0.15, 0.2) is 9.84 Å². The molecule has 1 aliphatic heterocycles. The Morgan fingerprint density at radius 2 is 2.10 bits per heavy atom. The molecule has 0 saturated carbocycles. The van der Waals surface area contributed by atoms with Gasteiger partial charge in [-0.2, -0.15) is 0 Å². The SMILES string of the molecule is CCC(CC)c1nnc(NC(=O)[C@@H]2CCS(=O)(=O)C2)s1. The molecular weight excluding hydrogens is 298 g/mol. The second-order valence-electron chi connectivity index (χ2n) is 5.05. The fourth-order valence-corrected chi connectivity index (χ4v) is 5.05. The summed E-state index contributed by atoms with van der Waals surface area (Å²) in [7, 11) is -3.04. The van der Waals surface area contributed by atoms with Gasteiger partial charge in [-0.25, -0.2) is 8.42 Å². The highest BCUT2D eigenvalue weighted by atomic mass is 32.2. The molecule has 0 spiro atoms. The zero-order valence-corrected chi connectivity index (χ0v) is 13.3. The summed E-state index contributed by atoms with van der Waals surface area (Å²) in [6.07, 6.45) is 2.37. The second kappa shape index (κ2) is 6.17. The summed E-state index contributed by atoms with van der Waals surface area (Å²) in [5.74, 6) is -0.319. The van der Waals surface area contributed by atoms with E-state index in [0.717, 1.165) is 17.8 Å². The van der Waals surface area contributed by atoms with Crippen molar-refractivity contribution in [2.45, 2.75) is 39.0 Å². The van der Waals surface area contributed by atoms with E-state index >= 15 is 0 Å². The molecule has 1 N–H and O–H groups in total. The van der Waals surface area contributed by atoms with Gasteiger partial charge in [0.25, 0.3) is 0 Å². The monoisotopic (exact) mass is 317 g/mol. The van der Waals surface area contributed by atoms with Gasteiger partial charge in [0, 0.05) is 5.92 Å². The van der Waals surface area contributed by atoms with Crippen LogP contribution in [-0.2, 0) is 14.6 Å². The molecule has 2 heterocycles. The van der Waals surface area contributed by atoms with Crippen molar-refractivity contribution < 1.29 is 13.2 Å². The van der Waals surface area contributed by atoms with Gasteiger partial charge in [-0.05, 0) is 19.3 Å². The van der Waals surface area contributed by atoms with Crippen LogP contribution in [0, 0.1) is 5.92 Å². The summed E-state index contributed by atoms with van der Waals surface area (Å²) in [6, 6.07) is 0. The number of aromatic nitrogens is 2. The zero-order chi connectivity index (χ0) is 14.8. The summed E-state index contributed by atoms with van der Waals surface area (Å²) in [6.45, 7) is 4.19. The Morgan fingerprint density at radius 1 is 1.40 bits per heavy atom. The van der Waals surface area contributed by atoms with Crippen molar-refractivity contribution in [1.29, 1.82) is 0 Å². The van der Waals surface area contributed by atoms with Gasteiger partial charge >= 0.3 is 0 Å². The van der Waals surface area contributed by atoms with Crippen molar-refractivity contribution in [2.24, 2.45) is 5.92 Å². The quantitative estimate of drug-likeness (QED) is 0.894. The Bertz CT molecular complexity index is 579. The number of hydrogen-bond acceptors (Lipinski definition) is 6. The van der Waals surface area contributed by atoms with E-state index in [2.05, 4.69) is 29.4 Å². The molecule has 0 radical (unpaired) electrons. The average molecular weight is 317 g/mol. The molecule has 2 rings (SSSR count). The summed E-state index contributed by atoms with van der Waals surface area (Å²) in [4.78, 5) is 12.0. The minimum absolute atomic E-state index is 0.0585. The third-order valence-electron chi connectivity index (χ3n) is 3.61. The largest absolute Gasteiger partial charge is 0.300 e. The van der Waals surface area contributed by atoms with E-state index < -0.39 is 15.8 Å². The molecule has 8 heteroatoms. The number of carbonyl (C=O) groups is 1. The van der Waals surface area contributed by atoms with Crippen molar-refractivity contribution in [1.82, 2.24) is 10.2 Å². The van der Waals surface area contributed by atoms with Crippen molar-refractivity contribution in [3.05, 3.63) is 5.01 Å². The smallest absolute Gasteiger partial charge is 0.230 e. The summed E-state index contributed by atoms with van der Waals surface area (Å²) < 4.78 is 22.7. The third-order valence-corrected chi connectivity index (χ3v) is 6.38. The Balaban J connectivity index is 1.99. The first-order valence-electron chi connectivity index (χ1n) is 6.79. The van der Waals surface area contributed by atoms with E-state index in [1.165, 1.54) is 11.3 Å². The van der Waals surface area contributed by atoms with Crippen molar-refractivity contribution in [3.63, 3.8) is 0 Å². The van der Waals surface area contributed by atoms with E-state index in [4.69, 9.17) is 0 Å². The lowest BCUT2D eigenvalue weighted by molar-refractivity contribution is -0.119. The van der Waals surface area contributed by atoms with Crippen LogP contribution in [0.5, 0.6) is 0 Å². The van der Waals surface area contributed by atoms with Crippen LogP contribution in [0.2, 0.25) is 0 Å². The molecule has 1 amide bonds. The lowest BCUT2D eigenvalue weighted by Crippen LogP contribution is -2.23. The molecule has 0 aliphatic carbocycles. The number of hydrogen-bond donors (Lipinski definition) is 1. The van der Waals surface area contributed by atoms with E-state index in [-0.39, 0.29) is 17.4 Å². The van der Waals surface area contributed by atoms with Gasteiger partial charge < -0.3 is 5.32 Å². The maximum Gasteiger partial charge on any atom is 0.230 e. The maximum atomic E-state index is 12.0. The molecule has 1 fully saturated rings. The molecule has 1 saturated heterocycles. The zero-order valence-electron chi connectivity index (χ0n) is 11.6. The minimum Gasteiger partial charge on any atom is -0.300 e. The molecule has 0 aromatic carbocycles. The topological polar surface area (TPSA) is 89.0 Å². The molecule has 1 aliphatic rings. The van der Waals surface area contributed by atoms with Crippen LogP contribution in [0.15, 0.2) is 0 Å². The van der Waals surface area contributed by atoms with E-state index in [1.807, 2.05) is 0 Å². The normalized spacial score (nSPS) is 21.2. The fraction of sp³-hybridized carbons (Fsp3) is 0.750. The van der Waals surface area contributed by atoms with Gasteiger partial charge in [0.1, 0.15) is 5.01 Å². The fourth-order valence-electron chi connectivity index (χ4n) is 2.30. The highest BCUT2D eigenvalue weighted by Crippen LogP contribution is 2.28. The molecular formula is C12H19N3O3S2. The number of anilines is 1. The van der Waals surface area contributed by atoms with Gasteiger partial charge in [0.05, 0.1) is 17.4 Å². The Morgan fingerprint density at radius 3 is 2.65 bits per heavy atom. The first kappa shape index (κ1) is 15.4. The van der Waals surface area contributed by atoms with Crippen LogP contribution in [0.4, 0.5) is 5.13 Å². The van der Waals surface area contributed by atoms with Crippen LogP contribution in [-0.4, -0.2) is 36.0 Å². The number of nitrogens with one attached hydrogen (secondary N) is 1. The number of sulfone groups is 1. The van der Waals surface area contributed by atoms with E-state index in [0.29, 0.717) is 17.5 Å². The predicted molar refractivity (Wildman–Crippen MR) is 78.6 cm³/mol. The molecule has 1 aromatic rings. The molecule has 112 valence electrons. The third kappa shape index (κ3) is 3.54. The van der Waals surface area contributed by atoms with Crippen LogP contribution in [0.3, 0.4) is 0 Å². The highest BCUT2D eigenvalue weighted by Gasteiger charge is 2.33. The number of nitrogens with zero attached hydrogens (tertiary/aromatic N) is 2. The number of amides is 1. The van der Waals surface area contributed by atoms with Crippen molar-refractivity contribution >= 4 is 32.2 Å². The van der Waals surface area contributed by atoms with Crippen molar-refractivity contribution in [3.8, 4) is 0 Å². The average Bonchev–Trinajstić information content (AvgIpc) is 2.98. The minimum atomic E-state index is -3.04. The molecule has 0 bridgehead atoms. The summed E-state index contributed by atoms with van der Waals surface area (Å²) in [5, 5.41) is 12.1. The highest BCUT2D eigenvalue weighted by molar-refractivity contribution is 7.91. The lowest BCUT2D eigenvalue weighted by atomic mass is 10.1. The Labute approximate surface area is 122 Å². The predicted octanol–water partition coefficient (Wildman–Crippen LogP) is 1.81. The van der Waals surface area contributed by atoms with Crippen molar-refractivity contribution in [2.75, 3.05) is 16.8 Å². The van der Waals surface area contributed by atoms with Gasteiger partial charge in [-0.15, -0.1) is 10.2 Å². The molecule has 6 nitrogen and oxygen atoms in total. The Kier molecular flexibility index (Phi) is 4.74. The molecule has 1 atom stereocenters. The second-order valence-corrected chi connectivity index (χ2v) is 8.29. The van der Waals surface area contributed by atoms with E-state index in [1.54, 1.807) is 0 Å².